The maximum Gasteiger partial charge on any atom is 0.323 e. The first-order valence-electron chi connectivity index (χ1n) is 16.6. The molecule has 0 N–H and O–H groups in total. The number of hydrogen-bond acceptors (Lipinski definition) is 7. The molecule has 6 aliphatic rings. The number of benzene rings is 2. The van der Waals surface area contributed by atoms with Crippen LogP contribution in [0.3, 0.4) is 0 Å². The standard InChI is InChI=1S/C18H18BrN3O2.C18H19N3O3/c19-14-5-3-4-13(12-14)6-7-16-15-8-11-22(17(15)24-20-16)18(23)21-9-1-2-10-21;22-18(20-10-12-23-13-11-20)21-9-8-15-16(19-24-17(15)21)7-6-14-4-2-1-3-5-14/h3-5,12,15,17H,1-2,8-11H2;1-5,15,17H,8-13H2. The molecular weight excluding hydrogens is 676 g/mol. The van der Waals surface area contributed by atoms with Gasteiger partial charge in [0.15, 0.2) is 0 Å². The molecule has 0 aliphatic carbocycles. The largest absolute Gasteiger partial charge is 0.378 e. The van der Waals surface area contributed by atoms with Crippen LogP contribution in [-0.4, -0.2) is 108 Å². The molecule has 0 radical (unpaired) electrons. The zero-order valence-corrected chi connectivity index (χ0v) is 28.2. The van der Waals surface area contributed by atoms with Crippen LogP contribution in [0.15, 0.2) is 69.4 Å². The minimum absolute atomic E-state index is 0.0123. The normalized spacial score (nSPS) is 25.2. The number of carbonyl (C=O) groups is 2. The average molecular weight is 714 g/mol. The van der Waals surface area contributed by atoms with Crippen molar-refractivity contribution in [1.29, 1.82) is 0 Å². The minimum Gasteiger partial charge on any atom is -0.378 e. The molecule has 4 unspecified atom stereocenters. The third kappa shape index (κ3) is 7.01. The molecule has 6 heterocycles. The number of amides is 4. The van der Waals surface area contributed by atoms with Crippen LogP contribution in [0.1, 0.15) is 36.8 Å². The fourth-order valence-corrected chi connectivity index (χ4v) is 7.12. The Balaban J connectivity index is 0.000000152. The number of rotatable bonds is 0. The third-order valence-electron chi connectivity index (χ3n) is 9.30. The highest BCUT2D eigenvalue weighted by Crippen LogP contribution is 2.34. The molecule has 2 aromatic carbocycles. The first kappa shape index (κ1) is 32.0. The highest BCUT2D eigenvalue weighted by Gasteiger charge is 2.47. The van der Waals surface area contributed by atoms with E-state index in [-0.39, 0.29) is 36.4 Å². The zero-order valence-electron chi connectivity index (χ0n) is 26.6. The summed E-state index contributed by atoms with van der Waals surface area (Å²) in [4.78, 5) is 43.7. The van der Waals surface area contributed by atoms with Crippen molar-refractivity contribution < 1.29 is 24.0 Å². The van der Waals surface area contributed by atoms with E-state index in [2.05, 4.69) is 49.9 Å². The SMILES string of the molecule is O=C(N1CCCC1)N1CCC2C(C#Cc3cccc(Br)c3)=NOC21.O=C(N1CCOCC1)N1CCC2C(C#Cc3ccccc3)=NOC21. The smallest absolute Gasteiger partial charge is 0.323 e. The fraction of sp³-hybridized carbons (Fsp3) is 0.444. The van der Waals surface area contributed by atoms with Crippen molar-refractivity contribution in [1.82, 2.24) is 19.6 Å². The van der Waals surface area contributed by atoms with Crippen LogP contribution in [0.4, 0.5) is 9.59 Å². The minimum atomic E-state index is -0.319. The third-order valence-corrected chi connectivity index (χ3v) is 9.80. The van der Waals surface area contributed by atoms with Crippen molar-refractivity contribution in [2.75, 3.05) is 52.5 Å². The first-order valence-corrected chi connectivity index (χ1v) is 17.4. The van der Waals surface area contributed by atoms with Gasteiger partial charge < -0.3 is 24.2 Å². The lowest BCUT2D eigenvalue weighted by Crippen LogP contribution is -2.50. The first-order chi connectivity index (χ1) is 23.5. The maximum absolute atomic E-state index is 12.7. The molecule has 4 amide bonds. The number of nitrogens with zero attached hydrogens (tertiary/aromatic N) is 6. The van der Waals surface area contributed by atoms with Crippen LogP contribution in [-0.2, 0) is 14.4 Å². The van der Waals surface area contributed by atoms with E-state index in [0.29, 0.717) is 39.4 Å². The maximum atomic E-state index is 12.7. The predicted molar refractivity (Wildman–Crippen MR) is 183 cm³/mol. The molecule has 4 fully saturated rings. The van der Waals surface area contributed by atoms with Gasteiger partial charge in [0.05, 0.1) is 25.0 Å². The Kier molecular flexibility index (Phi) is 9.82. The summed E-state index contributed by atoms with van der Waals surface area (Å²) < 4.78 is 6.31. The van der Waals surface area contributed by atoms with Gasteiger partial charge in [0, 0.05) is 54.9 Å². The topological polar surface area (TPSA) is 99.5 Å². The molecule has 4 atom stereocenters. The van der Waals surface area contributed by atoms with Crippen molar-refractivity contribution in [2.45, 2.75) is 38.1 Å². The molecular formula is C36H37BrN6O5. The van der Waals surface area contributed by atoms with E-state index in [9.17, 15) is 9.59 Å². The Labute approximate surface area is 288 Å². The molecule has 4 saturated heterocycles. The lowest BCUT2D eigenvalue weighted by molar-refractivity contribution is -0.0226. The van der Waals surface area contributed by atoms with Gasteiger partial charge in [0.2, 0.25) is 12.5 Å². The van der Waals surface area contributed by atoms with E-state index in [1.54, 1.807) is 4.90 Å². The van der Waals surface area contributed by atoms with E-state index >= 15 is 0 Å². The highest BCUT2D eigenvalue weighted by atomic mass is 79.9. The average Bonchev–Trinajstić information content (AvgIpc) is 3.96. The van der Waals surface area contributed by atoms with Crippen LogP contribution in [0.25, 0.3) is 0 Å². The zero-order chi connectivity index (χ0) is 32.9. The van der Waals surface area contributed by atoms with Gasteiger partial charge in [-0.05, 0) is 67.9 Å². The molecule has 48 heavy (non-hydrogen) atoms. The Morgan fingerprint density at radius 1 is 0.667 bits per heavy atom. The van der Waals surface area contributed by atoms with E-state index in [4.69, 9.17) is 14.4 Å². The van der Waals surface area contributed by atoms with Gasteiger partial charge in [-0.1, -0.05) is 62.3 Å². The van der Waals surface area contributed by atoms with Gasteiger partial charge in [-0.3, -0.25) is 9.80 Å². The lowest BCUT2D eigenvalue weighted by atomic mass is 10.0. The molecule has 0 spiro atoms. The Bertz CT molecular complexity index is 1700. The summed E-state index contributed by atoms with van der Waals surface area (Å²) in [5, 5.41) is 8.25. The molecule has 2 aromatic rings. The number of hydrogen-bond donors (Lipinski definition) is 0. The fourth-order valence-electron chi connectivity index (χ4n) is 6.72. The van der Waals surface area contributed by atoms with Crippen molar-refractivity contribution in [3.8, 4) is 23.7 Å². The highest BCUT2D eigenvalue weighted by molar-refractivity contribution is 9.10. The van der Waals surface area contributed by atoms with Crippen LogP contribution < -0.4 is 0 Å². The summed E-state index contributed by atoms with van der Waals surface area (Å²) in [7, 11) is 0. The molecule has 0 aromatic heterocycles. The van der Waals surface area contributed by atoms with Crippen molar-refractivity contribution in [3.05, 3.63) is 70.2 Å². The number of ether oxygens (including phenoxy) is 1. The second-order valence-electron chi connectivity index (χ2n) is 12.4. The van der Waals surface area contributed by atoms with Gasteiger partial charge in [-0.25, -0.2) is 9.59 Å². The van der Waals surface area contributed by atoms with E-state index in [1.165, 1.54) is 0 Å². The summed E-state index contributed by atoms with van der Waals surface area (Å²) in [5.41, 5.74) is 3.36. The summed E-state index contributed by atoms with van der Waals surface area (Å²) in [5.74, 6) is 12.7. The Morgan fingerprint density at radius 3 is 1.79 bits per heavy atom. The van der Waals surface area contributed by atoms with Crippen LogP contribution >= 0.6 is 15.9 Å². The molecule has 12 heteroatoms. The number of urea groups is 2. The summed E-state index contributed by atoms with van der Waals surface area (Å²) >= 11 is 3.45. The van der Waals surface area contributed by atoms with Crippen LogP contribution in [0.5, 0.6) is 0 Å². The molecule has 11 nitrogen and oxygen atoms in total. The molecule has 0 bridgehead atoms. The Hall–Kier alpha value is -4.52. The molecule has 8 rings (SSSR count). The Morgan fingerprint density at radius 2 is 1.21 bits per heavy atom. The second-order valence-corrected chi connectivity index (χ2v) is 13.3. The van der Waals surface area contributed by atoms with E-state index < -0.39 is 0 Å². The second kappa shape index (κ2) is 14.7. The van der Waals surface area contributed by atoms with Crippen LogP contribution in [0.2, 0.25) is 0 Å². The number of oxime groups is 2. The summed E-state index contributed by atoms with van der Waals surface area (Å²) in [6.45, 7) is 5.55. The monoisotopic (exact) mass is 712 g/mol. The predicted octanol–water partition coefficient (Wildman–Crippen LogP) is 4.58. The number of halogens is 1. The quantitative estimate of drug-likeness (QED) is 0.373. The summed E-state index contributed by atoms with van der Waals surface area (Å²) in [6, 6.07) is 17.7. The van der Waals surface area contributed by atoms with Crippen LogP contribution in [0, 0.1) is 35.5 Å². The lowest BCUT2D eigenvalue weighted by Gasteiger charge is -2.32. The number of fused-ring (bicyclic) bond motifs is 2. The van der Waals surface area contributed by atoms with Gasteiger partial charge in [-0.2, -0.15) is 0 Å². The number of morpholine rings is 1. The van der Waals surface area contributed by atoms with Gasteiger partial charge in [-0.15, -0.1) is 0 Å². The molecule has 0 saturated carbocycles. The van der Waals surface area contributed by atoms with Crippen molar-refractivity contribution in [3.63, 3.8) is 0 Å². The van der Waals surface area contributed by atoms with E-state index in [0.717, 1.165) is 65.8 Å². The van der Waals surface area contributed by atoms with Gasteiger partial charge in [0.25, 0.3) is 0 Å². The summed E-state index contributed by atoms with van der Waals surface area (Å²) in [6.07, 6.45) is 3.27. The van der Waals surface area contributed by atoms with Gasteiger partial charge in [0.1, 0.15) is 11.4 Å². The van der Waals surface area contributed by atoms with E-state index in [1.807, 2.05) is 69.3 Å². The molecule has 248 valence electrons. The van der Waals surface area contributed by atoms with Crippen molar-refractivity contribution >= 4 is 39.4 Å². The number of likely N-dealkylation sites (tertiary alicyclic amines) is 3. The number of carbonyl (C=O) groups excluding carboxylic acids is 2. The van der Waals surface area contributed by atoms with Gasteiger partial charge >= 0.3 is 12.1 Å². The van der Waals surface area contributed by atoms with Crippen molar-refractivity contribution in [2.24, 2.45) is 22.1 Å². The molecule has 6 aliphatic heterocycles.